The van der Waals surface area contributed by atoms with Gasteiger partial charge in [-0.2, -0.15) is 0 Å². The lowest BCUT2D eigenvalue weighted by atomic mass is 9.99. The predicted octanol–water partition coefficient (Wildman–Crippen LogP) is -7.96. The topological polar surface area (TPSA) is 661 Å². The molecule has 1 aliphatic rings. The first-order valence-corrected chi connectivity index (χ1v) is 32.7. The number of amides is 16. The summed E-state index contributed by atoms with van der Waals surface area (Å²) in [6, 6.07) is -10.9. The Labute approximate surface area is 582 Å². The molecule has 1 fully saturated rings. The van der Waals surface area contributed by atoms with Gasteiger partial charge in [-0.3, -0.25) is 81.7 Å². The van der Waals surface area contributed by atoms with Crippen molar-refractivity contribution < 1.29 is 91.7 Å². The third kappa shape index (κ3) is 32.6. The van der Waals surface area contributed by atoms with Gasteiger partial charge < -0.3 is 114 Å². The fourth-order valence-corrected chi connectivity index (χ4v) is 10.1. The third-order valence-electron chi connectivity index (χ3n) is 15.4. The number of aliphatic carboxylic acids is 1. The van der Waals surface area contributed by atoms with E-state index >= 15 is 0 Å². The van der Waals surface area contributed by atoms with E-state index in [0.717, 1.165) is 4.90 Å². The molecule has 0 bridgehead atoms. The molecule has 0 saturated carbocycles. The Bertz CT molecular complexity index is 3160. The number of primary amides is 4. The number of carbonyl (C=O) groups is 17. The highest BCUT2D eigenvalue weighted by Crippen LogP contribution is 2.18. The average Bonchev–Trinajstić information content (AvgIpc) is 1.62. The van der Waals surface area contributed by atoms with Gasteiger partial charge in [0.15, 0.2) is 5.96 Å². The SMILES string of the molecule is CC(C)C[C@H](NC(=O)[C@H](Cc1ccc(O)cc1)NC(=O)CNC(=O)[C@H](C)NC(=O)[C@@H](NC(=O)[C@H](CC(C)C)NC(=O)[C@H](CCC(N)=O)NC(=O)[C@H](CC(N)=O)NC(=O)[C@H](CC(N)=O)NC(=O)[C@@H](N)CCCN=C(N)N)C(C)C)C(=O)N[C@@H](CCC(N)=O)C(=O)NCC(=O)N1CCC[C@H]1C(=O)O. The Kier molecular flexibility index (Phi) is 36.7. The van der Waals surface area contributed by atoms with Crippen molar-refractivity contribution in [2.24, 2.45) is 62.9 Å². The van der Waals surface area contributed by atoms with Gasteiger partial charge in [-0.15, -0.1) is 0 Å². The first-order valence-electron chi connectivity index (χ1n) is 32.7. The van der Waals surface area contributed by atoms with E-state index in [0.29, 0.717) is 12.0 Å². The van der Waals surface area contributed by atoms with Gasteiger partial charge in [0, 0.05) is 32.4 Å². The molecule has 1 saturated heterocycles. The van der Waals surface area contributed by atoms with Crippen molar-refractivity contribution in [1.29, 1.82) is 0 Å². The molecule has 0 aliphatic carbocycles. The van der Waals surface area contributed by atoms with Crippen molar-refractivity contribution in [3.05, 3.63) is 29.8 Å². The molecule has 39 nitrogen and oxygen atoms in total. The van der Waals surface area contributed by atoms with E-state index in [9.17, 15) is 91.7 Å². The molecule has 2 rings (SSSR count). The molecule has 39 heteroatoms. The number of phenolic OH excluding ortho intramolecular Hbond substituents is 1. The van der Waals surface area contributed by atoms with Gasteiger partial charge in [-0.25, -0.2) is 4.79 Å². The van der Waals surface area contributed by atoms with Crippen molar-refractivity contribution >= 4 is 106 Å². The minimum atomic E-state index is -1.90. The molecule has 0 radical (unpaired) electrons. The van der Waals surface area contributed by atoms with E-state index in [1.54, 1.807) is 27.7 Å². The van der Waals surface area contributed by atoms with Crippen LogP contribution < -0.4 is 98.6 Å². The molecule has 16 amide bonds. The summed E-state index contributed by atoms with van der Waals surface area (Å²) in [7, 11) is 0. The van der Waals surface area contributed by atoms with E-state index in [2.05, 4.69) is 63.5 Å². The van der Waals surface area contributed by atoms with Crippen LogP contribution in [0.4, 0.5) is 0 Å². The maximum atomic E-state index is 14.2. The lowest BCUT2D eigenvalue weighted by Gasteiger charge is -2.29. The summed E-state index contributed by atoms with van der Waals surface area (Å²) >= 11 is 0. The highest BCUT2D eigenvalue weighted by atomic mass is 16.4. The summed E-state index contributed by atoms with van der Waals surface area (Å²) in [5.41, 5.74) is 38.5. The number of carbonyl (C=O) groups excluding carboxylic acids is 16. The predicted molar refractivity (Wildman–Crippen MR) is 359 cm³/mol. The molecule has 1 aromatic carbocycles. The fourth-order valence-electron chi connectivity index (χ4n) is 10.1. The number of hydrogen-bond donors (Lipinski definition) is 20. The Morgan fingerprint density at radius 3 is 1.43 bits per heavy atom. The van der Waals surface area contributed by atoms with Crippen molar-refractivity contribution in [3.63, 3.8) is 0 Å². The third-order valence-corrected chi connectivity index (χ3v) is 15.4. The lowest BCUT2D eigenvalue weighted by Crippen LogP contribution is -2.61. The molecule has 0 aromatic heterocycles. The second-order valence-electron chi connectivity index (χ2n) is 25.5. The number of aromatic hydroxyl groups is 1. The Morgan fingerprint density at radius 1 is 0.505 bits per heavy atom. The fraction of sp³-hybridized carbons (Fsp3) is 0.613. The van der Waals surface area contributed by atoms with Gasteiger partial charge in [0.2, 0.25) is 94.5 Å². The van der Waals surface area contributed by atoms with E-state index in [-0.39, 0.29) is 81.6 Å². The average molecular weight is 1430 g/mol. The zero-order valence-electron chi connectivity index (χ0n) is 57.7. The largest absolute Gasteiger partial charge is 0.508 e. The van der Waals surface area contributed by atoms with Crippen molar-refractivity contribution in [3.8, 4) is 5.75 Å². The Morgan fingerprint density at radius 2 is 0.950 bits per heavy atom. The van der Waals surface area contributed by atoms with Gasteiger partial charge in [-0.1, -0.05) is 53.7 Å². The number of nitrogens with one attached hydrogen (secondary N) is 11. The van der Waals surface area contributed by atoms with Crippen LogP contribution in [-0.4, -0.2) is 214 Å². The number of nitrogens with zero attached hydrogens (tertiary/aromatic N) is 2. The van der Waals surface area contributed by atoms with Crippen LogP contribution in [0.1, 0.15) is 131 Å². The molecular weight excluding hydrogens is 1330 g/mol. The van der Waals surface area contributed by atoms with Crippen LogP contribution in [0, 0.1) is 17.8 Å². The number of carboxylic acids is 1. The second kappa shape index (κ2) is 42.9. The molecule has 27 N–H and O–H groups in total. The number of nitrogens with two attached hydrogens (primary N) is 7. The van der Waals surface area contributed by atoms with Crippen LogP contribution in [0.15, 0.2) is 29.3 Å². The molecule has 1 heterocycles. The first-order chi connectivity index (χ1) is 47.2. The summed E-state index contributed by atoms with van der Waals surface area (Å²) in [6.45, 7) is 9.91. The number of guanidine groups is 1. The zero-order chi connectivity index (χ0) is 76.5. The van der Waals surface area contributed by atoms with Gasteiger partial charge in [-0.05, 0) is 93.7 Å². The highest BCUT2D eigenvalue weighted by molar-refractivity contribution is 6.01. The number of rotatable bonds is 45. The van der Waals surface area contributed by atoms with Gasteiger partial charge in [0.25, 0.3) is 0 Å². The minimum absolute atomic E-state index is 0.0148. The van der Waals surface area contributed by atoms with Crippen LogP contribution in [-0.2, 0) is 87.9 Å². The van der Waals surface area contributed by atoms with E-state index in [4.69, 9.17) is 40.1 Å². The quantitative estimate of drug-likeness (QED) is 0.0164. The van der Waals surface area contributed by atoms with Crippen LogP contribution in [0.5, 0.6) is 5.75 Å². The molecule has 101 heavy (non-hydrogen) atoms. The Balaban J connectivity index is 2.30. The number of aliphatic imine (C=N–C) groups is 1. The number of likely N-dealkylation sites (tertiary alicyclic amines) is 1. The number of carboxylic acid groups (broad SMARTS) is 1. The molecular formula is C62H100N20O19. The summed E-state index contributed by atoms with van der Waals surface area (Å²) in [5, 5.41) is 46.1. The van der Waals surface area contributed by atoms with Crippen LogP contribution in [0.25, 0.3) is 0 Å². The minimum Gasteiger partial charge on any atom is -0.508 e. The maximum Gasteiger partial charge on any atom is 0.326 e. The first kappa shape index (κ1) is 86.3. The molecule has 562 valence electrons. The van der Waals surface area contributed by atoms with Crippen LogP contribution in [0.3, 0.4) is 0 Å². The monoisotopic (exact) mass is 1430 g/mol. The van der Waals surface area contributed by atoms with Crippen molar-refractivity contribution in [1.82, 2.24) is 63.4 Å². The standard InChI is InChI=1S/C62H100N20O19/c1-29(2)22-38(55(94)75-36(16-18-44(64)84)53(92)72-28-49(89)82-21-9-11-43(82)61(100)101)79-56(95)40(24-33-12-14-34(83)15-13-33)74-48(88)27-71-51(90)32(7)73-60(99)50(31(5)6)81-59(98)39(23-30(3)4)78-54(93)37(17-19-45(65)85)76-57(96)42(26-47(67)87)80-58(97)41(25-46(66)86)77-52(91)35(63)10-8-20-70-62(68)69/h12-15,29-32,35-43,50,83H,8-11,16-28,63H2,1-7H3,(H2,64,84)(H2,65,85)(H2,66,86)(H2,67,87)(H,71,90)(H,72,92)(H,73,99)(H,74,88)(H,75,94)(H,76,96)(H,77,91)(H,78,93)(H,79,95)(H,80,97)(H,81,98)(H,100,101)(H4,68,69,70)/t32-,35-,36-,37-,38-,39-,40-,41-,42-,43-,50-/m0/s1. The number of benzene rings is 1. The Hall–Kier alpha value is -10.8. The van der Waals surface area contributed by atoms with Crippen molar-refractivity contribution in [2.45, 2.75) is 198 Å². The summed E-state index contributed by atoms with van der Waals surface area (Å²) < 4.78 is 0. The van der Waals surface area contributed by atoms with E-state index in [1.807, 2.05) is 0 Å². The maximum absolute atomic E-state index is 14.2. The van der Waals surface area contributed by atoms with E-state index in [1.165, 1.54) is 45.0 Å². The molecule has 1 aromatic rings. The smallest absolute Gasteiger partial charge is 0.326 e. The second-order valence-corrected chi connectivity index (χ2v) is 25.5. The molecule has 1 aliphatic heterocycles. The zero-order valence-corrected chi connectivity index (χ0v) is 57.7. The van der Waals surface area contributed by atoms with Gasteiger partial charge in [0.05, 0.1) is 32.0 Å². The van der Waals surface area contributed by atoms with Crippen LogP contribution in [0.2, 0.25) is 0 Å². The molecule has 0 unspecified atom stereocenters. The highest BCUT2D eigenvalue weighted by Gasteiger charge is 2.38. The summed E-state index contributed by atoms with van der Waals surface area (Å²) in [4.78, 5) is 229. The van der Waals surface area contributed by atoms with Gasteiger partial charge in [0.1, 0.15) is 66.2 Å². The molecule has 11 atom stereocenters. The number of hydrogen-bond acceptors (Lipinski definition) is 20. The molecule has 0 spiro atoms. The normalized spacial score (nSPS) is 15.5. The van der Waals surface area contributed by atoms with Crippen LogP contribution >= 0.6 is 0 Å². The summed E-state index contributed by atoms with van der Waals surface area (Å²) in [5.74, 6) is -18.7. The summed E-state index contributed by atoms with van der Waals surface area (Å²) in [6.07, 6.45) is -3.08. The van der Waals surface area contributed by atoms with E-state index < -0.39 is 218 Å². The lowest BCUT2D eigenvalue weighted by molar-refractivity contribution is -0.148. The van der Waals surface area contributed by atoms with Gasteiger partial charge >= 0.3 is 5.97 Å². The number of phenols is 1. The van der Waals surface area contributed by atoms with Crippen molar-refractivity contribution in [2.75, 3.05) is 26.2 Å².